The highest BCUT2D eigenvalue weighted by atomic mass is 32.2. The summed E-state index contributed by atoms with van der Waals surface area (Å²) < 4.78 is 5.30. The number of carboxylic acid groups (broad SMARTS) is 1. The normalized spacial score (nSPS) is 24.9. The summed E-state index contributed by atoms with van der Waals surface area (Å²) in [5.41, 5.74) is -0.735. The van der Waals surface area contributed by atoms with Crippen molar-refractivity contribution < 1.29 is 33.8 Å². The highest BCUT2D eigenvalue weighted by Gasteiger charge is 2.42. The van der Waals surface area contributed by atoms with Crippen LogP contribution in [0.4, 0.5) is 9.59 Å². The number of urea groups is 1. The summed E-state index contributed by atoms with van der Waals surface area (Å²) >= 11 is 1.87. The molecule has 220 valence electrons. The van der Waals surface area contributed by atoms with Gasteiger partial charge in [0.25, 0.3) is 0 Å². The minimum Gasteiger partial charge on any atom is -0.480 e. The molecule has 0 bridgehead atoms. The molecule has 0 radical (unpaired) electrons. The Morgan fingerprint density at radius 1 is 1.15 bits per heavy atom. The van der Waals surface area contributed by atoms with Gasteiger partial charge >= 0.3 is 18.1 Å². The third-order valence-corrected chi connectivity index (χ3v) is 8.64. The Kier molecular flexibility index (Phi) is 11.1. The molecule has 3 heterocycles. The third-order valence-electron chi connectivity index (χ3n) is 7.13. The van der Waals surface area contributed by atoms with Gasteiger partial charge in [0, 0.05) is 30.5 Å². The Morgan fingerprint density at radius 3 is 2.64 bits per heavy atom. The molecule has 0 unspecified atom stereocenters. The predicted molar refractivity (Wildman–Crippen MR) is 146 cm³/mol. The zero-order valence-corrected chi connectivity index (χ0v) is 23.9. The van der Waals surface area contributed by atoms with Crippen LogP contribution in [0.1, 0.15) is 78.6 Å². The Hall–Kier alpha value is -2.70. The zero-order valence-electron chi connectivity index (χ0n) is 23.1. The first-order chi connectivity index (χ1) is 18.4. The monoisotopic (exact) mass is 569 g/mol. The van der Waals surface area contributed by atoms with Crippen LogP contribution in [-0.4, -0.2) is 93.8 Å². The van der Waals surface area contributed by atoms with Crippen LogP contribution in [0, 0.1) is 0 Å². The summed E-state index contributed by atoms with van der Waals surface area (Å²) in [6.45, 7) is 5.96. The van der Waals surface area contributed by atoms with E-state index in [4.69, 9.17) is 4.74 Å². The molecule has 0 saturated carbocycles. The summed E-state index contributed by atoms with van der Waals surface area (Å²) in [5.74, 6) is -0.571. The largest absolute Gasteiger partial charge is 0.480 e. The van der Waals surface area contributed by atoms with Crippen molar-refractivity contribution in [2.45, 2.75) is 114 Å². The van der Waals surface area contributed by atoms with Gasteiger partial charge < -0.3 is 36.0 Å². The second kappa shape index (κ2) is 14.1. The van der Waals surface area contributed by atoms with Crippen LogP contribution in [0.3, 0.4) is 0 Å². The predicted octanol–water partition coefficient (Wildman–Crippen LogP) is 1.97. The van der Waals surface area contributed by atoms with Gasteiger partial charge in [-0.2, -0.15) is 11.8 Å². The van der Waals surface area contributed by atoms with E-state index in [1.165, 1.54) is 4.90 Å². The van der Waals surface area contributed by atoms with Crippen molar-refractivity contribution in [3.8, 4) is 0 Å². The number of aliphatic carboxylic acids is 1. The average molecular weight is 570 g/mol. The van der Waals surface area contributed by atoms with Gasteiger partial charge in [-0.25, -0.2) is 14.4 Å². The summed E-state index contributed by atoms with van der Waals surface area (Å²) in [5, 5.41) is 21.3. The number of likely N-dealkylation sites (tertiary alicyclic amines) is 1. The number of carbonyl (C=O) groups excluding carboxylic acids is 4. The molecule has 13 heteroatoms. The quantitative estimate of drug-likeness (QED) is 0.166. The van der Waals surface area contributed by atoms with E-state index in [-0.39, 0.29) is 24.0 Å². The first kappa shape index (κ1) is 30.8. The number of unbranched alkanes of at least 4 members (excludes halogenated alkanes) is 2. The van der Waals surface area contributed by atoms with Gasteiger partial charge in [-0.15, -0.1) is 0 Å². The highest BCUT2D eigenvalue weighted by Crippen LogP contribution is 2.33. The Labute approximate surface area is 234 Å². The number of ether oxygens (including phenoxy) is 1. The maximum Gasteiger partial charge on any atom is 0.408 e. The number of rotatable bonds is 13. The highest BCUT2D eigenvalue weighted by molar-refractivity contribution is 8.00. The molecule has 5 atom stereocenters. The van der Waals surface area contributed by atoms with Crippen molar-refractivity contribution in [3.63, 3.8) is 0 Å². The number of carbonyl (C=O) groups is 5. The summed E-state index contributed by atoms with van der Waals surface area (Å²) in [7, 11) is 0. The Balaban J connectivity index is 1.35. The van der Waals surface area contributed by atoms with Crippen LogP contribution in [-0.2, 0) is 19.1 Å². The van der Waals surface area contributed by atoms with Gasteiger partial charge in [0.15, 0.2) is 0 Å². The van der Waals surface area contributed by atoms with Crippen LogP contribution in [0.5, 0.6) is 0 Å². The molecule has 3 rings (SSSR count). The smallest absolute Gasteiger partial charge is 0.408 e. The van der Waals surface area contributed by atoms with Crippen molar-refractivity contribution in [3.05, 3.63) is 0 Å². The fourth-order valence-corrected chi connectivity index (χ4v) is 6.80. The van der Waals surface area contributed by atoms with Crippen LogP contribution < -0.4 is 21.3 Å². The molecule has 3 aliphatic heterocycles. The molecule has 3 saturated heterocycles. The number of fused-ring (bicyclic) bond motifs is 1. The van der Waals surface area contributed by atoms with Crippen LogP contribution in [0.15, 0.2) is 0 Å². The molecule has 3 aliphatic rings. The van der Waals surface area contributed by atoms with Gasteiger partial charge in [0.05, 0.1) is 12.1 Å². The van der Waals surface area contributed by atoms with E-state index in [2.05, 4.69) is 21.3 Å². The van der Waals surface area contributed by atoms with E-state index in [0.717, 1.165) is 25.0 Å². The van der Waals surface area contributed by atoms with Gasteiger partial charge in [-0.3, -0.25) is 9.59 Å². The maximum absolute atomic E-state index is 13.1. The lowest BCUT2D eigenvalue weighted by molar-refractivity contribution is -0.149. The molecule has 0 spiro atoms. The second-order valence-corrected chi connectivity index (χ2v) is 12.7. The van der Waals surface area contributed by atoms with E-state index in [9.17, 15) is 29.1 Å². The zero-order chi connectivity index (χ0) is 28.6. The summed E-state index contributed by atoms with van der Waals surface area (Å²) in [6.07, 6.45) is 4.83. The fourth-order valence-electron chi connectivity index (χ4n) is 5.26. The van der Waals surface area contributed by atoms with Crippen LogP contribution in [0.25, 0.3) is 0 Å². The molecule has 39 heavy (non-hydrogen) atoms. The molecule has 0 aromatic rings. The standard InChI is InChI=1S/C26H43N5O7S/c1-26(2,3)38-25(37)29-16(22(33)31-14-8-10-18(31)23(34)35)9-6-7-13-27-20(32)12-5-4-11-19-21-17(15-39-19)28-24(36)30-21/h16-19,21H,4-15H2,1-3H3,(H,27,32)(H,29,37)(H,34,35)(H2,28,30,36)/t16-,17-,18-,19-,21-/m0/s1. The van der Waals surface area contributed by atoms with E-state index in [1.807, 2.05) is 11.8 Å². The van der Waals surface area contributed by atoms with Crippen LogP contribution in [0.2, 0.25) is 0 Å². The molecule has 0 aromatic heterocycles. The molecular formula is C26H43N5O7S. The van der Waals surface area contributed by atoms with E-state index < -0.39 is 35.7 Å². The number of alkyl carbamates (subject to hydrolysis) is 1. The lowest BCUT2D eigenvalue weighted by Crippen LogP contribution is -2.52. The number of nitrogens with zero attached hydrogens (tertiary/aromatic N) is 1. The number of nitrogens with one attached hydrogen (secondary N) is 4. The molecule has 12 nitrogen and oxygen atoms in total. The second-order valence-electron chi connectivity index (χ2n) is 11.4. The van der Waals surface area contributed by atoms with Crippen LogP contribution >= 0.6 is 11.8 Å². The van der Waals surface area contributed by atoms with Crippen molar-refractivity contribution in [1.29, 1.82) is 0 Å². The number of carboxylic acids is 1. The SMILES string of the molecule is CC(C)(C)OC(=O)N[C@@H](CCCCNC(=O)CCCC[C@@H]1SC[C@@H]2NC(=O)N[C@@H]21)C(=O)N1CCC[C@H]1C(=O)O. The number of amides is 5. The summed E-state index contributed by atoms with van der Waals surface area (Å²) in [4.78, 5) is 62.1. The third kappa shape index (κ3) is 9.47. The maximum atomic E-state index is 13.1. The van der Waals surface area contributed by atoms with E-state index in [0.29, 0.717) is 56.9 Å². The molecular weight excluding hydrogens is 526 g/mol. The molecule has 0 aromatic carbocycles. The summed E-state index contributed by atoms with van der Waals surface area (Å²) in [6, 6.07) is -1.49. The molecule has 5 amide bonds. The number of hydrogen-bond donors (Lipinski definition) is 5. The van der Waals surface area contributed by atoms with Gasteiger partial charge in [0.2, 0.25) is 11.8 Å². The lowest BCUT2D eigenvalue weighted by atomic mass is 10.0. The molecule has 5 N–H and O–H groups in total. The number of thioether (sulfide) groups is 1. The van der Waals surface area contributed by atoms with Gasteiger partial charge in [-0.05, 0) is 65.7 Å². The van der Waals surface area contributed by atoms with Crippen molar-refractivity contribution >= 4 is 41.7 Å². The topological polar surface area (TPSA) is 166 Å². The first-order valence-electron chi connectivity index (χ1n) is 13.9. The first-order valence-corrected chi connectivity index (χ1v) is 15.0. The number of hydrogen-bond acceptors (Lipinski definition) is 7. The minimum absolute atomic E-state index is 0.0244. The van der Waals surface area contributed by atoms with Crippen molar-refractivity contribution in [2.24, 2.45) is 0 Å². The average Bonchev–Trinajstić information content (AvgIpc) is 3.55. The van der Waals surface area contributed by atoms with E-state index in [1.54, 1.807) is 20.8 Å². The van der Waals surface area contributed by atoms with Gasteiger partial charge in [-0.1, -0.05) is 6.42 Å². The van der Waals surface area contributed by atoms with Gasteiger partial charge in [0.1, 0.15) is 17.7 Å². The fraction of sp³-hybridized carbons (Fsp3) is 0.808. The minimum atomic E-state index is -1.05. The lowest BCUT2D eigenvalue weighted by Gasteiger charge is -2.28. The molecule has 0 aliphatic carbocycles. The Morgan fingerprint density at radius 2 is 1.92 bits per heavy atom. The molecule has 3 fully saturated rings. The van der Waals surface area contributed by atoms with Crippen molar-refractivity contribution in [1.82, 2.24) is 26.2 Å². The van der Waals surface area contributed by atoms with E-state index >= 15 is 0 Å². The van der Waals surface area contributed by atoms with Crippen molar-refractivity contribution in [2.75, 3.05) is 18.8 Å². The Bertz CT molecular complexity index is 912.